The Morgan fingerprint density at radius 2 is 2.44 bits per heavy atom. The predicted molar refractivity (Wildman–Crippen MR) is 74.1 cm³/mol. The highest BCUT2D eigenvalue weighted by atomic mass is 32.2. The highest BCUT2D eigenvalue weighted by Gasteiger charge is 2.04. The molecule has 0 radical (unpaired) electrons. The SMILES string of the molecule is C#CCSCCNCc1ncc(C(C)C)s1. The van der Waals surface area contributed by atoms with E-state index in [2.05, 4.69) is 30.1 Å². The van der Waals surface area contributed by atoms with E-state index in [9.17, 15) is 0 Å². The molecule has 0 aliphatic heterocycles. The lowest BCUT2D eigenvalue weighted by Crippen LogP contribution is -2.16. The summed E-state index contributed by atoms with van der Waals surface area (Å²) in [6.07, 6.45) is 7.15. The summed E-state index contributed by atoms with van der Waals surface area (Å²) in [5, 5.41) is 4.54. The third-order valence-electron chi connectivity index (χ3n) is 2.03. The third-order valence-corrected chi connectivity index (χ3v) is 4.19. The number of hydrogen-bond donors (Lipinski definition) is 1. The van der Waals surface area contributed by atoms with Crippen molar-refractivity contribution in [1.82, 2.24) is 10.3 Å². The van der Waals surface area contributed by atoms with E-state index >= 15 is 0 Å². The van der Waals surface area contributed by atoms with E-state index in [-0.39, 0.29) is 0 Å². The van der Waals surface area contributed by atoms with Crippen LogP contribution in [0.2, 0.25) is 0 Å². The molecule has 1 aromatic rings. The van der Waals surface area contributed by atoms with Gasteiger partial charge in [0.25, 0.3) is 0 Å². The van der Waals surface area contributed by atoms with Crippen LogP contribution in [0.15, 0.2) is 6.20 Å². The minimum Gasteiger partial charge on any atom is -0.310 e. The first kappa shape index (κ1) is 13.6. The second-order valence-corrected chi connectivity index (χ2v) is 6.00. The molecule has 1 heterocycles. The summed E-state index contributed by atoms with van der Waals surface area (Å²) < 4.78 is 0. The van der Waals surface area contributed by atoms with Crippen LogP contribution in [0.4, 0.5) is 0 Å². The van der Waals surface area contributed by atoms with Crippen molar-refractivity contribution in [2.24, 2.45) is 0 Å². The van der Waals surface area contributed by atoms with Gasteiger partial charge >= 0.3 is 0 Å². The number of rotatable bonds is 7. The van der Waals surface area contributed by atoms with Gasteiger partial charge in [0.05, 0.1) is 5.75 Å². The first-order valence-corrected chi connectivity index (χ1v) is 7.37. The Balaban J connectivity index is 2.15. The molecule has 0 unspecified atom stereocenters. The number of nitrogens with zero attached hydrogens (tertiary/aromatic N) is 1. The van der Waals surface area contributed by atoms with Crippen molar-refractivity contribution in [1.29, 1.82) is 0 Å². The number of aromatic nitrogens is 1. The molecule has 0 saturated carbocycles. The van der Waals surface area contributed by atoms with E-state index in [1.807, 2.05) is 6.20 Å². The van der Waals surface area contributed by atoms with Crippen LogP contribution in [-0.4, -0.2) is 23.0 Å². The number of thiazole rings is 1. The molecule has 0 aromatic carbocycles. The van der Waals surface area contributed by atoms with Gasteiger partial charge in [0.2, 0.25) is 0 Å². The zero-order valence-electron chi connectivity index (χ0n) is 9.82. The fourth-order valence-electron chi connectivity index (χ4n) is 1.14. The number of thioether (sulfide) groups is 1. The molecule has 0 bridgehead atoms. The van der Waals surface area contributed by atoms with Gasteiger partial charge in [-0.25, -0.2) is 4.98 Å². The molecule has 1 rings (SSSR count). The summed E-state index contributed by atoms with van der Waals surface area (Å²) in [7, 11) is 0. The zero-order chi connectivity index (χ0) is 11.8. The Hall–Kier alpha value is -0.500. The zero-order valence-corrected chi connectivity index (χ0v) is 11.5. The molecule has 0 aliphatic carbocycles. The molecule has 0 spiro atoms. The van der Waals surface area contributed by atoms with Crippen molar-refractivity contribution >= 4 is 23.1 Å². The lowest BCUT2D eigenvalue weighted by molar-refractivity contribution is 0.728. The van der Waals surface area contributed by atoms with E-state index in [1.165, 1.54) is 9.88 Å². The van der Waals surface area contributed by atoms with Gasteiger partial charge in [0.15, 0.2) is 0 Å². The molecular weight excluding hydrogens is 236 g/mol. The smallest absolute Gasteiger partial charge is 0.107 e. The fraction of sp³-hybridized carbons (Fsp3) is 0.583. The number of terminal acetylenes is 1. The van der Waals surface area contributed by atoms with Crippen LogP contribution in [-0.2, 0) is 6.54 Å². The summed E-state index contributed by atoms with van der Waals surface area (Å²) in [4.78, 5) is 5.75. The molecule has 0 atom stereocenters. The van der Waals surface area contributed by atoms with Crippen molar-refractivity contribution < 1.29 is 0 Å². The fourth-order valence-corrected chi connectivity index (χ4v) is 2.59. The van der Waals surface area contributed by atoms with Crippen LogP contribution in [0.3, 0.4) is 0 Å². The van der Waals surface area contributed by atoms with Crippen LogP contribution in [0.5, 0.6) is 0 Å². The van der Waals surface area contributed by atoms with Gasteiger partial charge in [-0.3, -0.25) is 0 Å². The largest absolute Gasteiger partial charge is 0.310 e. The van der Waals surface area contributed by atoms with Crippen molar-refractivity contribution in [3.8, 4) is 12.3 Å². The molecule has 0 amide bonds. The van der Waals surface area contributed by atoms with Gasteiger partial charge in [-0.1, -0.05) is 19.8 Å². The van der Waals surface area contributed by atoms with Crippen LogP contribution in [0, 0.1) is 12.3 Å². The highest BCUT2D eigenvalue weighted by molar-refractivity contribution is 7.99. The third kappa shape index (κ3) is 5.02. The van der Waals surface area contributed by atoms with E-state index in [1.54, 1.807) is 23.1 Å². The Bertz CT molecular complexity index is 339. The maximum absolute atomic E-state index is 5.17. The molecule has 0 saturated heterocycles. The predicted octanol–water partition coefficient (Wildman–Crippen LogP) is 2.72. The van der Waals surface area contributed by atoms with Crippen molar-refractivity contribution in [2.75, 3.05) is 18.1 Å². The van der Waals surface area contributed by atoms with Gasteiger partial charge in [0.1, 0.15) is 5.01 Å². The van der Waals surface area contributed by atoms with Crippen molar-refractivity contribution in [3.05, 3.63) is 16.1 Å². The summed E-state index contributed by atoms with van der Waals surface area (Å²) in [5.74, 6) is 5.06. The van der Waals surface area contributed by atoms with Gasteiger partial charge < -0.3 is 5.32 Å². The van der Waals surface area contributed by atoms with Gasteiger partial charge in [-0.2, -0.15) is 0 Å². The maximum Gasteiger partial charge on any atom is 0.107 e. The lowest BCUT2D eigenvalue weighted by atomic mass is 10.2. The first-order valence-electron chi connectivity index (χ1n) is 5.40. The van der Waals surface area contributed by atoms with Gasteiger partial charge in [0, 0.05) is 29.9 Å². The minimum atomic E-state index is 0.581. The number of hydrogen-bond acceptors (Lipinski definition) is 4. The molecule has 1 N–H and O–H groups in total. The quantitative estimate of drug-likeness (QED) is 0.598. The average Bonchev–Trinajstić information content (AvgIpc) is 2.72. The van der Waals surface area contributed by atoms with Crippen molar-refractivity contribution in [2.45, 2.75) is 26.3 Å². The molecule has 16 heavy (non-hydrogen) atoms. The monoisotopic (exact) mass is 254 g/mol. The second kappa shape index (κ2) is 7.72. The summed E-state index contributed by atoms with van der Waals surface area (Å²) >= 11 is 3.58. The van der Waals surface area contributed by atoms with Crippen LogP contribution in [0.25, 0.3) is 0 Å². The summed E-state index contributed by atoms with van der Waals surface area (Å²) in [6.45, 7) is 6.25. The normalized spacial score (nSPS) is 10.6. The second-order valence-electron chi connectivity index (χ2n) is 3.74. The molecule has 0 aliphatic rings. The molecular formula is C12H18N2S2. The lowest BCUT2D eigenvalue weighted by Gasteiger charge is -2.00. The Labute approximate surface area is 106 Å². The molecule has 4 heteroatoms. The van der Waals surface area contributed by atoms with Crippen molar-refractivity contribution in [3.63, 3.8) is 0 Å². The van der Waals surface area contributed by atoms with Gasteiger partial charge in [-0.05, 0) is 5.92 Å². The maximum atomic E-state index is 5.17. The van der Waals surface area contributed by atoms with Crippen LogP contribution in [0.1, 0.15) is 29.7 Å². The van der Waals surface area contributed by atoms with E-state index < -0.39 is 0 Å². The number of nitrogens with one attached hydrogen (secondary N) is 1. The molecule has 88 valence electrons. The Morgan fingerprint density at radius 1 is 1.62 bits per heavy atom. The topological polar surface area (TPSA) is 24.9 Å². The van der Waals surface area contributed by atoms with Crippen LogP contribution < -0.4 is 5.32 Å². The average molecular weight is 254 g/mol. The van der Waals surface area contributed by atoms with E-state index in [0.29, 0.717) is 5.92 Å². The highest BCUT2D eigenvalue weighted by Crippen LogP contribution is 2.21. The minimum absolute atomic E-state index is 0.581. The first-order chi connectivity index (χ1) is 7.74. The van der Waals surface area contributed by atoms with Gasteiger partial charge in [-0.15, -0.1) is 29.5 Å². The van der Waals surface area contributed by atoms with Crippen LogP contribution >= 0.6 is 23.1 Å². The Kier molecular flexibility index (Phi) is 6.55. The van der Waals surface area contributed by atoms with E-state index in [4.69, 9.17) is 6.42 Å². The standard InChI is InChI=1S/C12H18N2S2/c1-4-6-15-7-5-13-9-12-14-8-11(16-12)10(2)3/h1,8,10,13H,5-7,9H2,2-3H3. The molecule has 0 fully saturated rings. The molecule has 1 aromatic heterocycles. The van der Waals surface area contributed by atoms with E-state index in [0.717, 1.165) is 24.6 Å². The summed E-state index contributed by atoms with van der Waals surface area (Å²) in [5.41, 5.74) is 0. The molecule has 2 nitrogen and oxygen atoms in total. The Morgan fingerprint density at radius 3 is 3.06 bits per heavy atom. The summed E-state index contributed by atoms with van der Waals surface area (Å²) in [6, 6.07) is 0.